The maximum atomic E-state index is 12.7. The van der Waals surface area contributed by atoms with Crippen molar-refractivity contribution in [1.82, 2.24) is 4.98 Å². The summed E-state index contributed by atoms with van der Waals surface area (Å²) in [6, 6.07) is 27.6. The molecule has 1 fully saturated rings. The normalized spacial score (nSPS) is 13.8. The molecule has 1 aliphatic carbocycles. The van der Waals surface area contributed by atoms with E-state index < -0.39 is 0 Å². The number of pyridine rings is 1. The number of fused-ring (bicyclic) bond motifs is 1. The van der Waals surface area contributed by atoms with Crippen molar-refractivity contribution in [2.75, 3.05) is 11.1 Å². The van der Waals surface area contributed by atoms with Crippen LogP contribution in [0, 0.1) is 5.92 Å². The minimum absolute atomic E-state index is 0.0384. The van der Waals surface area contributed by atoms with E-state index in [0.29, 0.717) is 5.75 Å². The number of amides is 1. The van der Waals surface area contributed by atoms with Crippen LogP contribution in [0.4, 0.5) is 5.69 Å². The van der Waals surface area contributed by atoms with E-state index in [4.69, 9.17) is 9.72 Å². The Bertz CT molecular complexity index is 1250. The van der Waals surface area contributed by atoms with Crippen LogP contribution in [-0.2, 0) is 11.2 Å². The Labute approximate surface area is 204 Å². The highest BCUT2D eigenvalue weighted by atomic mass is 32.2. The molecule has 0 saturated heterocycles. The van der Waals surface area contributed by atoms with Gasteiger partial charge in [0.2, 0.25) is 5.91 Å². The zero-order valence-corrected chi connectivity index (χ0v) is 19.9. The van der Waals surface area contributed by atoms with Crippen molar-refractivity contribution in [1.29, 1.82) is 0 Å². The first-order valence-electron chi connectivity index (χ1n) is 11.9. The van der Waals surface area contributed by atoms with E-state index in [1.807, 2.05) is 66.7 Å². The van der Waals surface area contributed by atoms with Gasteiger partial charge >= 0.3 is 0 Å². The molecule has 172 valence electrons. The fourth-order valence-electron chi connectivity index (χ4n) is 4.50. The lowest BCUT2D eigenvalue weighted by molar-refractivity contribution is -0.113. The van der Waals surface area contributed by atoms with Gasteiger partial charge in [-0.2, -0.15) is 0 Å². The van der Waals surface area contributed by atoms with Gasteiger partial charge in [-0.1, -0.05) is 73.8 Å². The third-order valence-corrected chi connectivity index (χ3v) is 7.24. The van der Waals surface area contributed by atoms with E-state index >= 15 is 0 Å². The van der Waals surface area contributed by atoms with Crippen molar-refractivity contribution >= 4 is 34.3 Å². The molecule has 5 rings (SSSR count). The van der Waals surface area contributed by atoms with Gasteiger partial charge in [-0.3, -0.25) is 4.79 Å². The van der Waals surface area contributed by atoms with Gasteiger partial charge in [-0.15, -0.1) is 0 Å². The van der Waals surface area contributed by atoms with Crippen LogP contribution in [-0.4, -0.2) is 16.6 Å². The molecule has 0 aliphatic heterocycles. The summed E-state index contributed by atoms with van der Waals surface area (Å²) >= 11 is 1.53. The highest BCUT2D eigenvalue weighted by Crippen LogP contribution is 2.33. The van der Waals surface area contributed by atoms with Gasteiger partial charge in [0, 0.05) is 11.1 Å². The summed E-state index contributed by atoms with van der Waals surface area (Å²) in [5.74, 6) is 2.53. The van der Waals surface area contributed by atoms with Gasteiger partial charge in [0.05, 0.1) is 11.3 Å². The third-order valence-electron chi connectivity index (χ3n) is 6.20. The molecule has 1 heterocycles. The first-order valence-corrected chi connectivity index (χ1v) is 12.9. The molecule has 34 heavy (non-hydrogen) atoms. The average Bonchev–Trinajstić information content (AvgIpc) is 3.38. The van der Waals surface area contributed by atoms with E-state index in [2.05, 4.69) is 23.5 Å². The predicted octanol–water partition coefficient (Wildman–Crippen LogP) is 7.49. The van der Waals surface area contributed by atoms with Crippen LogP contribution in [0.25, 0.3) is 10.9 Å². The predicted molar refractivity (Wildman–Crippen MR) is 140 cm³/mol. The second-order valence-corrected chi connectivity index (χ2v) is 9.74. The van der Waals surface area contributed by atoms with Gasteiger partial charge < -0.3 is 10.1 Å². The summed E-state index contributed by atoms with van der Waals surface area (Å²) in [6.07, 6.45) is 6.28. The van der Waals surface area contributed by atoms with E-state index in [1.165, 1.54) is 48.4 Å². The number of benzene rings is 3. The Hall–Kier alpha value is -3.31. The number of aromatic nitrogens is 1. The SMILES string of the molecule is O=C(CSc1nc2ccccc2cc1CC1CCCC1)Nc1ccc(Oc2ccccc2)cc1. The van der Waals surface area contributed by atoms with Gasteiger partial charge in [0.1, 0.15) is 16.5 Å². The smallest absolute Gasteiger partial charge is 0.234 e. The van der Waals surface area contributed by atoms with E-state index in [1.54, 1.807) is 0 Å². The topological polar surface area (TPSA) is 51.2 Å². The number of thioether (sulfide) groups is 1. The molecule has 1 aromatic heterocycles. The molecule has 1 saturated carbocycles. The lowest BCUT2D eigenvalue weighted by atomic mass is 9.98. The minimum atomic E-state index is -0.0384. The number of para-hydroxylation sites is 2. The van der Waals surface area contributed by atoms with Crippen molar-refractivity contribution in [3.63, 3.8) is 0 Å². The van der Waals surface area contributed by atoms with E-state index in [9.17, 15) is 4.79 Å². The molecule has 1 amide bonds. The number of carbonyl (C=O) groups excluding carboxylic acids is 1. The Morgan fingerprint density at radius 3 is 2.41 bits per heavy atom. The van der Waals surface area contributed by atoms with Crippen molar-refractivity contribution in [3.05, 3.63) is 90.5 Å². The van der Waals surface area contributed by atoms with Crippen LogP contribution in [0.15, 0.2) is 90.0 Å². The summed E-state index contributed by atoms with van der Waals surface area (Å²) in [7, 11) is 0. The summed E-state index contributed by atoms with van der Waals surface area (Å²) in [6.45, 7) is 0. The number of nitrogens with one attached hydrogen (secondary N) is 1. The summed E-state index contributed by atoms with van der Waals surface area (Å²) in [4.78, 5) is 17.6. The minimum Gasteiger partial charge on any atom is -0.457 e. The number of anilines is 1. The molecule has 0 bridgehead atoms. The molecule has 0 atom stereocenters. The van der Waals surface area contributed by atoms with Crippen molar-refractivity contribution in [2.24, 2.45) is 5.92 Å². The first kappa shape index (κ1) is 22.5. The van der Waals surface area contributed by atoms with Crippen LogP contribution in [0.3, 0.4) is 0 Å². The number of hydrogen-bond acceptors (Lipinski definition) is 4. The lowest BCUT2D eigenvalue weighted by Crippen LogP contribution is -2.14. The van der Waals surface area contributed by atoms with Gasteiger partial charge in [-0.05, 0) is 66.4 Å². The second-order valence-electron chi connectivity index (χ2n) is 8.78. The zero-order valence-electron chi connectivity index (χ0n) is 19.1. The van der Waals surface area contributed by atoms with Crippen LogP contribution in [0.5, 0.6) is 11.5 Å². The number of hydrogen-bond donors (Lipinski definition) is 1. The molecule has 5 heteroatoms. The molecular weight excluding hydrogens is 440 g/mol. The maximum Gasteiger partial charge on any atom is 0.234 e. The quantitative estimate of drug-likeness (QED) is 0.272. The molecule has 4 aromatic rings. The molecular formula is C29H28N2O2S. The van der Waals surface area contributed by atoms with E-state index in [-0.39, 0.29) is 5.91 Å². The number of nitrogens with zero attached hydrogens (tertiary/aromatic N) is 1. The lowest BCUT2D eigenvalue weighted by Gasteiger charge is -2.14. The molecule has 0 unspecified atom stereocenters. The van der Waals surface area contributed by atoms with Crippen molar-refractivity contribution in [3.8, 4) is 11.5 Å². The van der Waals surface area contributed by atoms with Crippen LogP contribution in [0.2, 0.25) is 0 Å². The monoisotopic (exact) mass is 468 g/mol. The third kappa shape index (κ3) is 5.78. The van der Waals surface area contributed by atoms with Crippen LogP contribution in [0.1, 0.15) is 31.2 Å². The summed E-state index contributed by atoms with van der Waals surface area (Å²) < 4.78 is 5.82. The average molecular weight is 469 g/mol. The van der Waals surface area contributed by atoms with Crippen molar-refractivity contribution < 1.29 is 9.53 Å². The zero-order chi connectivity index (χ0) is 23.2. The Kier molecular flexibility index (Phi) is 7.10. The van der Waals surface area contributed by atoms with Gasteiger partial charge in [0.25, 0.3) is 0 Å². The Balaban J connectivity index is 1.22. The van der Waals surface area contributed by atoms with Gasteiger partial charge in [-0.25, -0.2) is 4.98 Å². The molecule has 0 radical (unpaired) electrons. The standard InChI is InChI=1S/C29H28N2O2S/c32-28(30-24-14-16-26(17-15-24)33-25-11-2-1-3-12-25)20-34-29-23(18-21-8-4-5-9-21)19-22-10-6-7-13-27(22)31-29/h1-3,6-7,10-17,19,21H,4-5,8-9,18,20H2,(H,30,32). The fraction of sp³-hybridized carbons (Fsp3) is 0.241. The summed E-state index contributed by atoms with van der Waals surface area (Å²) in [5, 5.41) is 5.14. The Morgan fingerprint density at radius 2 is 1.62 bits per heavy atom. The molecule has 1 aliphatic rings. The van der Waals surface area contributed by atoms with Crippen molar-refractivity contribution in [2.45, 2.75) is 37.1 Å². The number of carbonyl (C=O) groups is 1. The molecule has 0 spiro atoms. The number of rotatable bonds is 8. The highest BCUT2D eigenvalue weighted by molar-refractivity contribution is 8.00. The van der Waals surface area contributed by atoms with E-state index in [0.717, 1.165) is 40.1 Å². The number of ether oxygens (including phenoxy) is 1. The first-order chi connectivity index (χ1) is 16.7. The molecule has 4 nitrogen and oxygen atoms in total. The van der Waals surface area contributed by atoms with Crippen LogP contribution >= 0.6 is 11.8 Å². The Morgan fingerprint density at radius 1 is 0.912 bits per heavy atom. The molecule has 3 aromatic carbocycles. The van der Waals surface area contributed by atoms with Gasteiger partial charge in [0.15, 0.2) is 0 Å². The second kappa shape index (κ2) is 10.7. The maximum absolute atomic E-state index is 12.7. The largest absolute Gasteiger partial charge is 0.457 e. The summed E-state index contributed by atoms with van der Waals surface area (Å²) in [5.41, 5.74) is 3.00. The molecule has 1 N–H and O–H groups in total. The highest BCUT2D eigenvalue weighted by Gasteiger charge is 2.19. The fourth-order valence-corrected chi connectivity index (χ4v) is 5.33. The van der Waals surface area contributed by atoms with Crippen LogP contribution < -0.4 is 10.1 Å².